The first-order valence-corrected chi connectivity index (χ1v) is 10.5. The first-order chi connectivity index (χ1) is 13.4. The van der Waals surface area contributed by atoms with Crippen LogP contribution < -0.4 is 4.74 Å². The molecule has 4 nitrogen and oxygen atoms in total. The summed E-state index contributed by atoms with van der Waals surface area (Å²) in [6.45, 7) is 7.78. The number of rotatable bonds is 6. The molecule has 1 aliphatic rings. The highest BCUT2D eigenvalue weighted by atomic mass is 32.1. The number of carbonyl (C=O) groups is 1. The van der Waals surface area contributed by atoms with Crippen LogP contribution in [0.25, 0.3) is 16.0 Å². The van der Waals surface area contributed by atoms with E-state index in [1.165, 1.54) is 24.2 Å². The van der Waals surface area contributed by atoms with Crippen molar-refractivity contribution in [1.82, 2.24) is 0 Å². The van der Waals surface area contributed by atoms with E-state index in [4.69, 9.17) is 4.74 Å². The number of aliphatic imine (C=N–C) groups is 1. The number of aromatic carboxylic acids is 1. The van der Waals surface area contributed by atoms with Gasteiger partial charge in [-0.05, 0) is 93.8 Å². The fourth-order valence-electron chi connectivity index (χ4n) is 3.60. The fourth-order valence-corrected chi connectivity index (χ4v) is 4.75. The highest BCUT2D eigenvalue weighted by molar-refractivity contribution is 7.17. The molecule has 1 saturated carbocycles. The minimum atomic E-state index is -0.869. The number of carboxylic acids is 1. The maximum atomic E-state index is 11.5. The second-order valence-corrected chi connectivity index (χ2v) is 8.29. The second kappa shape index (κ2) is 8.74. The van der Waals surface area contributed by atoms with Gasteiger partial charge in [-0.3, -0.25) is 4.99 Å². The molecule has 1 N–H and O–H groups in total. The van der Waals surface area contributed by atoms with Gasteiger partial charge >= 0.3 is 5.97 Å². The van der Waals surface area contributed by atoms with Gasteiger partial charge in [-0.1, -0.05) is 0 Å². The number of hydrogen-bond acceptors (Lipinski definition) is 4. The van der Waals surface area contributed by atoms with Gasteiger partial charge in [0, 0.05) is 22.9 Å². The maximum Gasteiger partial charge on any atom is 0.346 e. The molecule has 1 fully saturated rings. The average molecular weight is 398 g/mol. The zero-order chi connectivity index (χ0) is 20.3. The van der Waals surface area contributed by atoms with E-state index in [0.717, 1.165) is 51.3 Å². The van der Waals surface area contributed by atoms with Gasteiger partial charge in [0.15, 0.2) is 0 Å². The lowest BCUT2D eigenvalue weighted by atomic mass is 10.0. The summed E-state index contributed by atoms with van der Waals surface area (Å²) < 4.78 is 6.31. The van der Waals surface area contributed by atoms with Crippen molar-refractivity contribution in [3.05, 3.63) is 46.0 Å². The molecular formula is C23H27NO3S. The van der Waals surface area contributed by atoms with Crippen molar-refractivity contribution >= 4 is 29.1 Å². The Balaban J connectivity index is 2.06. The lowest BCUT2D eigenvalue weighted by Crippen LogP contribution is -2.12. The summed E-state index contributed by atoms with van der Waals surface area (Å²) in [5.41, 5.74) is 4.91. The van der Waals surface area contributed by atoms with Crippen LogP contribution in [0.3, 0.4) is 0 Å². The van der Waals surface area contributed by atoms with Gasteiger partial charge in [-0.25, -0.2) is 4.79 Å². The van der Waals surface area contributed by atoms with Crippen molar-refractivity contribution in [3.8, 4) is 16.2 Å². The van der Waals surface area contributed by atoms with Crippen LogP contribution in [0.1, 0.15) is 65.9 Å². The average Bonchev–Trinajstić information content (AvgIpc) is 3.29. The summed E-state index contributed by atoms with van der Waals surface area (Å²) >= 11 is 1.33. The smallest absolute Gasteiger partial charge is 0.346 e. The van der Waals surface area contributed by atoms with Crippen molar-refractivity contribution in [2.75, 3.05) is 0 Å². The number of carboxylic acid groups (broad SMARTS) is 1. The highest BCUT2D eigenvalue weighted by Crippen LogP contribution is 2.39. The Bertz CT molecular complexity index is 934. The maximum absolute atomic E-state index is 11.5. The standard InChI is InChI=1S/C23H27NO3S/c1-5-24-13-14(2)19-12-17(10-11-20(19)27-18-8-6-7-9-18)21-15(3)16(4)22(28-21)23(25)26/h5,10-13,18H,6-9H2,1-4H3,(H,25,26)/b14-13+,24-5?. The first-order valence-electron chi connectivity index (χ1n) is 9.71. The van der Waals surface area contributed by atoms with Crippen molar-refractivity contribution in [2.45, 2.75) is 59.5 Å². The molecule has 0 spiro atoms. The van der Waals surface area contributed by atoms with Crippen LogP contribution in [0.4, 0.5) is 0 Å². The minimum absolute atomic E-state index is 0.274. The molecule has 0 saturated heterocycles. The third-order valence-electron chi connectivity index (χ3n) is 5.32. The third-order valence-corrected chi connectivity index (χ3v) is 6.75. The van der Waals surface area contributed by atoms with Crippen LogP contribution in [-0.4, -0.2) is 23.4 Å². The minimum Gasteiger partial charge on any atom is -0.490 e. The molecule has 0 bridgehead atoms. The summed E-state index contributed by atoms with van der Waals surface area (Å²) in [7, 11) is 0. The van der Waals surface area contributed by atoms with Crippen molar-refractivity contribution in [2.24, 2.45) is 4.99 Å². The number of thiophene rings is 1. The molecule has 1 aromatic carbocycles. The van der Waals surface area contributed by atoms with E-state index in [2.05, 4.69) is 11.1 Å². The van der Waals surface area contributed by atoms with Crippen LogP contribution in [0, 0.1) is 13.8 Å². The molecule has 28 heavy (non-hydrogen) atoms. The largest absolute Gasteiger partial charge is 0.490 e. The summed E-state index contributed by atoms with van der Waals surface area (Å²) in [5, 5.41) is 9.46. The normalized spacial score (nSPS) is 15.5. The van der Waals surface area contributed by atoms with Crippen molar-refractivity contribution in [3.63, 3.8) is 0 Å². The molecule has 1 aromatic heterocycles. The number of hydrogen-bond donors (Lipinski definition) is 1. The van der Waals surface area contributed by atoms with E-state index < -0.39 is 5.97 Å². The molecule has 0 radical (unpaired) electrons. The molecule has 3 rings (SSSR count). The van der Waals surface area contributed by atoms with Crippen LogP contribution >= 0.6 is 11.3 Å². The third kappa shape index (κ3) is 4.20. The molecule has 2 aromatic rings. The summed E-state index contributed by atoms with van der Waals surface area (Å²) in [4.78, 5) is 17.2. The topological polar surface area (TPSA) is 58.9 Å². The van der Waals surface area contributed by atoms with Crippen molar-refractivity contribution < 1.29 is 14.6 Å². The van der Waals surface area contributed by atoms with E-state index >= 15 is 0 Å². The number of benzene rings is 1. The fraction of sp³-hybridized carbons (Fsp3) is 0.391. The Morgan fingerprint density at radius 2 is 1.96 bits per heavy atom. The number of nitrogens with zero attached hydrogens (tertiary/aromatic N) is 1. The zero-order valence-corrected chi connectivity index (χ0v) is 17.7. The van der Waals surface area contributed by atoms with Crippen LogP contribution in [-0.2, 0) is 0 Å². The molecule has 0 aliphatic heterocycles. The monoisotopic (exact) mass is 397 g/mol. The molecular weight excluding hydrogens is 370 g/mol. The van der Waals surface area contributed by atoms with Crippen LogP contribution in [0.15, 0.2) is 29.4 Å². The Labute approximate surface area is 170 Å². The number of ether oxygens (including phenoxy) is 1. The first kappa shape index (κ1) is 20.3. The van der Waals surface area contributed by atoms with Gasteiger partial charge < -0.3 is 9.84 Å². The van der Waals surface area contributed by atoms with Crippen molar-refractivity contribution in [1.29, 1.82) is 0 Å². The van der Waals surface area contributed by atoms with E-state index in [1.807, 2.05) is 46.0 Å². The van der Waals surface area contributed by atoms with E-state index in [0.29, 0.717) is 4.88 Å². The van der Waals surface area contributed by atoms with Crippen LogP contribution in [0.2, 0.25) is 0 Å². The predicted molar refractivity (Wildman–Crippen MR) is 117 cm³/mol. The Morgan fingerprint density at radius 3 is 2.57 bits per heavy atom. The lowest BCUT2D eigenvalue weighted by molar-refractivity contribution is 0.0701. The summed E-state index contributed by atoms with van der Waals surface area (Å²) in [5.74, 6) is 0.00621. The predicted octanol–water partition coefficient (Wildman–Crippen LogP) is 6.50. The molecule has 1 aliphatic carbocycles. The molecule has 0 unspecified atom stereocenters. The summed E-state index contributed by atoms with van der Waals surface area (Å²) in [6, 6.07) is 6.16. The Morgan fingerprint density at radius 1 is 1.25 bits per heavy atom. The number of allylic oxidation sites excluding steroid dienone is 1. The quantitative estimate of drug-likeness (QED) is 0.566. The Hall–Kier alpha value is -2.40. The lowest BCUT2D eigenvalue weighted by Gasteiger charge is -2.18. The van der Waals surface area contributed by atoms with Gasteiger partial charge in [-0.15, -0.1) is 11.3 Å². The summed E-state index contributed by atoms with van der Waals surface area (Å²) in [6.07, 6.45) is 8.52. The van der Waals surface area contributed by atoms with E-state index in [-0.39, 0.29) is 6.10 Å². The Kier molecular flexibility index (Phi) is 6.35. The highest BCUT2D eigenvalue weighted by Gasteiger charge is 2.21. The zero-order valence-electron chi connectivity index (χ0n) is 16.9. The van der Waals surface area contributed by atoms with E-state index in [1.54, 1.807) is 6.21 Å². The molecule has 0 amide bonds. The van der Waals surface area contributed by atoms with Gasteiger partial charge in [0.05, 0.1) is 6.10 Å². The molecule has 1 heterocycles. The SMILES string of the molecule is CC=N/C=C(\C)c1cc(-c2sc(C(=O)O)c(C)c2C)ccc1OC1CCCC1. The van der Waals surface area contributed by atoms with Gasteiger partial charge in [-0.2, -0.15) is 0 Å². The van der Waals surface area contributed by atoms with E-state index in [9.17, 15) is 9.90 Å². The molecule has 148 valence electrons. The van der Waals surface area contributed by atoms with Gasteiger partial charge in [0.2, 0.25) is 0 Å². The van der Waals surface area contributed by atoms with Gasteiger partial charge in [0.1, 0.15) is 10.6 Å². The molecule has 5 heteroatoms. The second-order valence-electron chi connectivity index (χ2n) is 7.27. The molecule has 0 atom stereocenters. The van der Waals surface area contributed by atoms with Gasteiger partial charge in [0.25, 0.3) is 0 Å². The van der Waals surface area contributed by atoms with Crippen LogP contribution in [0.5, 0.6) is 5.75 Å².